The highest BCUT2D eigenvalue weighted by Gasteiger charge is 2.16. The second kappa shape index (κ2) is 5.35. The Morgan fingerprint density at radius 3 is 2.58 bits per heavy atom. The molecule has 2 N–H and O–H groups in total. The van der Waals surface area contributed by atoms with Gasteiger partial charge < -0.3 is 10.4 Å². The molecule has 0 saturated heterocycles. The zero-order valence-electron chi connectivity index (χ0n) is 7.04. The van der Waals surface area contributed by atoms with Crippen LogP contribution < -0.4 is 5.32 Å². The maximum Gasteiger partial charge on any atom is 0.326 e. The molecule has 1 unspecified atom stereocenters. The minimum absolute atomic E-state index is 0.439. The first-order valence-electron chi connectivity index (χ1n) is 3.77. The third kappa shape index (κ3) is 3.75. The van der Waals surface area contributed by atoms with Crippen molar-refractivity contribution in [1.29, 1.82) is 0 Å². The summed E-state index contributed by atoms with van der Waals surface area (Å²) in [5.41, 5.74) is 0. The molecule has 0 aromatic rings. The highest BCUT2D eigenvalue weighted by atomic mass is 16.4. The van der Waals surface area contributed by atoms with Crippen LogP contribution in [0.2, 0.25) is 0 Å². The van der Waals surface area contributed by atoms with Gasteiger partial charge in [0.05, 0.1) is 0 Å². The van der Waals surface area contributed by atoms with Gasteiger partial charge in [-0.2, -0.15) is 0 Å². The Morgan fingerprint density at radius 2 is 2.25 bits per heavy atom. The number of carbonyl (C=O) groups is 2. The third-order valence-corrected chi connectivity index (χ3v) is 1.38. The summed E-state index contributed by atoms with van der Waals surface area (Å²) < 4.78 is 0. The van der Waals surface area contributed by atoms with Crippen LogP contribution in [0, 0.1) is 0 Å². The fourth-order valence-corrected chi connectivity index (χ4v) is 0.777. The number of hydrogen-bond donors (Lipinski definition) is 2. The van der Waals surface area contributed by atoms with E-state index in [0.29, 0.717) is 12.8 Å². The number of carboxylic acids is 1. The van der Waals surface area contributed by atoms with Crippen molar-refractivity contribution in [3.8, 4) is 0 Å². The van der Waals surface area contributed by atoms with Crippen LogP contribution in [-0.4, -0.2) is 23.0 Å². The van der Waals surface area contributed by atoms with Gasteiger partial charge in [-0.05, 0) is 12.5 Å². The van der Waals surface area contributed by atoms with Crippen molar-refractivity contribution in [3.05, 3.63) is 12.7 Å². The summed E-state index contributed by atoms with van der Waals surface area (Å²) in [5.74, 6) is -1.46. The van der Waals surface area contributed by atoms with Gasteiger partial charge in [0.15, 0.2) is 0 Å². The second-order valence-electron chi connectivity index (χ2n) is 2.39. The number of nitrogens with one attached hydrogen (secondary N) is 1. The van der Waals surface area contributed by atoms with Crippen molar-refractivity contribution >= 4 is 11.9 Å². The Kier molecular flexibility index (Phi) is 4.76. The number of carboxylic acid groups (broad SMARTS) is 1. The summed E-state index contributed by atoms with van der Waals surface area (Å²) in [6.07, 6.45) is 2.22. The van der Waals surface area contributed by atoms with E-state index in [2.05, 4.69) is 11.9 Å². The van der Waals surface area contributed by atoms with Gasteiger partial charge in [0, 0.05) is 0 Å². The molecule has 0 aliphatic rings. The van der Waals surface area contributed by atoms with Crippen LogP contribution in [0.3, 0.4) is 0 Å². The molecule has 68 valence electrons. The van der Waals surface area contributed by atoms with Gasteiger partial charge in [-0.3, -0.25) is 4.79 Å². The fraction of sp³-hybridized carbons (Fsp3) is 0.500. The molecule has 12 heavy (non-hydrogen) atoms. The average Bonchev–Trinajstić information content (AvgIpc) is 2.03. The van der Waals surface area contributed by atoms with Crippen molar-refractivity contribution in [2.45, 2.75) is 25.8 Å². The first-order valence-corrected chi connectivity index (χ1v) is 3.77. The highest BCUT2D eigenvalue weighted by molar-refractivity contribution is 5.90. The summed E-state index contributed by atoms with van der Waals surface area (Å²) >= 11 is 0. The topological polar surface area (TPSA) is 66.4 Å². The van der Waals surface area contributed by atoms with E-state index in [4.69, 9.17) is 5.11 Å². The van der Waals surface area contributed by atoms with E-state index in [0.717, 1.165) is 6.08 Å². The predicted molar refractivity (Wildman–Crippen MR) is 44.7 cm³/mol. The van der Waals surface area contributed by atoms with Gasteiger partial charge in [0.25, 0.3) is 0 Å². The zero-order chi connectivity index (χ0) is 9.56. The Balaban J connectivity index is 4.03. The van der Waals surface area contributed by atoms with Gasteiger partial charge in [-0.25, -0.2) is 4.79 Å². The number of aliphatic carboxylic acids is 1. The number of amides is 1. The maximum absolute atomic E-state index is 10.7. The second-order valence-corrected chi connectivity index (χ2v) is 2.39. The smallest absolute Gasteiger partial charge is 0.326 e. The van der Waals surface area contributed by atoms with Crippen molar-refractivity contribution in [3.63, 3.8) is 0 Å². The Labute approximate surface area is 71.3 Å². The van der Waals surface area contributed by atoms with Crippen LogP contribution in [0.25, 0.3) is 0 Å². The first-order chi connectivity index (χ1) is 5.61. The van der Waals surface area contributed by atoms with E-state index in [1.165, 1.54) is 0 Å². The lowest BCUT2D eigenvalue weighted by Gasteiger charge is -2.11. The average molecular weight is 171 g/mol. The fourth-order valence-electron chi connectivity index (χ4n) is 0.777. The monoisotopic (exact) mass is 171 g/mol. The van der Waals surface area contributed by atoms with Gasteiger partial charge in [0.1, 0.15) is 6.04 Å². The lowest BCUT2D eigenvalue weighted by Crippen LogP contribution is -2.39. The number of rotatable bonds is 5. The van der Waals surface area contributed by atoms with Crippen LogP contribution in [0.1, 0.15) is 19.8 Å². The SMILES string of the molecule is C=CC(=O)NC(CCC)C(=O)O. The largest absolute Gasteiger partial charge is 0.480 e. The van der Waals surface area contributed by atoms with Crippen LogP contribution in [0.15, 0.2) is 12.7 Å². The number of carbonyl (C=O) groups excluding carboxylic acids is 1. The highest BCUT2D eigenvalue weighted by Crippen LogP contribution is 1.96. The summed E-state index contributed by atoms with van der Waals surface area (Å²) in [5, 5.41) is 10.9. The molecule has 0 heterocycles. The molecular weight excluding hydrogens is 158 g/mol. The molecule has 1 amide bonds. The molecule has 0 fully saturated rings. The van der Waals surface area contributed by atoms with Crippen molar-refractivity contribution < 1.29 is 14.7 Å². The summed E-state index contributed by atoms with van der Waals surface area (Å²) in [4.78, 5) is 21.2. The van der Waals surface area contributed by atoms with E-state index >= 15 is 0 Å². The zero-order valence-corrected chi connectivity index (χ0v) is 7.04. The quantitative estimate of drug-likeness (QED) is 0.593. The minimum atomic E-state index is -1.01. The molecule has 0 aliphatic carbocycles. The van der Waals surface area contributed by atoms with Crippen LogP contribution in [0.4, 0.5) is 0 Å². The van der Waals surface area contributed by atoms with Gasteiger partial charge in [-0.15, -0.1) is 0 Å². The summed E-state index contributed by atoms with van der Waals surface area (Å²) in [6.45, 7) is 5.09. The third-order valence-electron chi connectivity index (χ3n) is 1.38. The minimum Gasteiger partial charge on any atom is -0.480 e. The van der Waals surface area contributed by atoms with Gasteiger partial charge in [0.2, 0.25) is 5.91 Å². The summed E-state index contributed by atoms with van der Waals surface area (Å²) in [7, 11) is 0. The molecule has 0 rings (SSSR count). The van der Waals surface area contributed by atoms with Gasteiger partial charge in [-0.1, -0.05) is 19.9 Å². The molecule has 0 aromatic heterocycles. The normalized spacial score (nSPS) is 11.8. The molecule has 0 aromatic carbocycles. The molecule has 1 atom stereocenters. The first kappa shape index (κ1) is 10.7. The lowest BCUT2D eigenvalue weighted by molar-refractivity contribution is -0.141. The van der Waals surface area contributed by atoms with Crippen LogP contribution in [-0.2, 0) is 9.59 Å². The number of hydrogen-bond acceptors (Lipinski definition) is 2. The molecule has 4 heteroatoms. The molecule has 0 aliphatic heterocycles. The maximum atomic E-state index is 10.7. The van der Waals surface area contributed by atoms with Crippen LogP contribution in [0.5, 0.6) is 0 Å². The lowest BCUT2D eigenvalue weighted by atomic mass is 10.2. The molecule has 0 spiro atoms. The molecule has 4 nitrogen and oxygen atoms in total. The van der Waals surface area contributed by atoms with Crippen molar-refractivity contribution in [2.75, 3.05) is 0 Å². The predicted octanol–water partition coefficient (Wildman–Crippen LogP) is 0.542. The van der Waals surface area contributed by atoms with Gasteiger partial charge >= 0.3 is 5.97 Å². The Hall–Kier alpha value is -1.32. The van der Waals surface area contributed by atoms with Crippen LogP contribution >= 0.6 is 0 Å². The van der Waals surface area contributed by atoms with E-state index < -0.39 is 17.9 Å². The van der Waals surface area contributed by atoms with Crippen molar-refractivity contribution in [2.24, 2.45) is 0 Å². The molecular formula is C8H13NO3. The van der Waals surface area contributed by atoms with E-state index in [9.17, 15) is 9.59 Å². The van der Waals surface area contributed by atoms with E-state index in [1.54, 1.807) is 0 Å². The Morgan fingerprint density at radius 1 is 1.67 bits per heavy atom. The molecule has 0 bridgehead atoms. The molecule has 0 radical (unpaired) electrons. The van der Waals surface area contributed by atoms with Crippen molar-refractivity contribution in [1.82, 2.24) is 5.32 Å². The molecule has 0 saturated carbocycles. The standard InChI is InChI=1S/C8H13NO3/c1-3-5-6(8(11)12)9-7(10)4-2/h4,6H,2-3,5H2,1H3,(H,9,10)(H,11,12). The van der Waals surface area contributed by atoms with E-state index in [-0.39, 0.29) is 0 Å². The van der Waals surface area contributed by atoms with E-state index in [1.807, 2.05) is 6.92 Å². The summed E-state index contributed by atoms with van der Waals surface area (Å²) in [6, 6.07) is -0.791. The Bertz CT molecular complexity index is 189.